The lowest BCUT2D eigenvalue weighted by Crippen LogP contribution is -2.22. The standard InChI is InChI=1S/C28H26O/c1-20-9-12-22(13-10-20)24-17-18-28(2,3)26-19-23(14-15-25(24)26)27(29)16-11-21-7-5-4-6-8-21/h4-17,19H,18H2,1-3H3. The molecular formula is C28H26O. The number of aryl methyl sites for hydroxylation is 1. The highest BCUT2D eigenvalue weighted by atomic mass is 16.1. The molecule has 29 heavy (non-hydrogen) atoms. The summed E-state index contributed by atoms with van der Waals surface area (Å²) in [6, 6.07) is 24.8. The van der Waals surface area contributed by atoms with Crippen LogP contribution in [-0.2, 0) is 5.41 Å². The van der Waals surface area contributed by atoms with Crippen molar-refractivity contribution in [3.8, 4) is 0 Å². The van der Waals surface area contributed by atoms with Gasteiger partial charge in [-0.1, -0.05) is 98.3 Å². The van der Waals surface area contributed by atoms with E-state index in [1.807, 2.05) is 42.5 Å². The van der Waals surface area contributed by atoms with Gasteiger partial charge in [0.1, 0.15) is 0 Å². The normalized spacial score (nSPS) is 15.1. The van der Waals surface area contributed by atoms with Gasteiger partial charge in [0.2, 0.25) is 0 Å². The SMILES string of the molecule is Cc1ccc(C2=CCC(C)(C)c3cc(C(=O)C=Cc4ccccc4)ccc32)cc1. The van der Waals surface area contributed by atoms with Gasteiger partial charge in [0.25, 0.3) is 0 Å². The molecule has 1 heteroatoms. The molecule has 1 aliphatic carbocycles. The fraction of sp³-hybridized carbons (Fsp3) is 0.179. The Morgan fingerprint density at radius 3 is 2.38 bits per heavy atom. The van der Waals surface area contributed by atoms with Gasteiger partial charge in [-0.15, -0.1) is 0 Å². The van der Waals surface area contributed by atoms with Crippen molar-refractivity contribution in [2.45, 2.75) is 32.6 Å². The number of fused-ring (bicyclic) bond motifs is 1. The second kappa shape index (κ2) is 7.67. The van der Waals surface area contributed by atoms with Gasteiger partial charge in [0, 0.05) is 5.56 Å². The number of ketones is 1. The summed E-state index contributed by atoms with van der Waals surface area (Å²) in [5, 5.41) is 0. The first-order chi connectivity index (χ1) is 13.9. The first kappa shape index (κ1) is 19.1. The van der Waals surface area contributed by atoms with Crippen molar-refractivity contribution >= 4 is 17.4 Å². The van der Waals surface area contributed by atoms with Gasteiger partial charge in [-0.05, 0) is 58.7 Å². The predicted octanol–water partition coefficient (Wildman–Crippen LogP) is 7.00. The van der Waals surface area contributed by atoms with Crippen LogP contribution in [-0.4, -0.2) is 5.78 Å². The zero-order chi connectivity index (χ0) is 20.4. The van der Waals surface area contributed by atoms with E-state index in [2.05, 4.69) is 63.2 Å². The summed E-state index contributed by atoms with van der Waals surface area (Å²) < 4.78 is 0. The van der Waals surface area contributed by atoms with Crippen LogP contribution in [0.5, 0.6) is 0 Å². The lowest BCUT2D eigenvalue weighted by Gasteiger charge is -2.32. The van der Waals surface area contributed by atoms with Crippen LogP contribution in [0.15, 0.2) is 84.9 Å². The minimum Gasteiger partial charge on any atom is -0.289 e. The Morgan fingerprint density at radius 2 is 1.66 bits per heavy atom. The third kappa shape index (κ3) is 4.00. The number of benzene rings is 3. The molecule has 0 aromatic heterocycles. The minimum atomic E-state index is 0.00294. The minimum absolute atomic E-state index is 0.00294. The Hall–Kier alpha value is -3.19. The molecule has 1 nitrogen and oxygen atoms in total. The van der Waals surface area contributed by atoms with E-state index < -0.39 is 0 Å². The Balaban J connectivity index is 1.69. The summed E-state index contributed by atoms with van der Waals surface area (Å²) in [7, 11) is 0. The van der Waals surface area contributed by atoms with Crippen LogP contribution in [0.25, 0.3) is 11.6 Å². The third-order valence-corrected chi connectivity index (χ3v) is 5.73. The number of hydrogen-bond acceptors (Lipinski definition) is 1. The van der Waals surface area contributed by atoms with E-state index in [-0.39, 0.29) is 11.2 Å². The maximum Gasteiger partial charge on any atom is 0.185 e. The van der Waals surface area contributed by atoms with Gasteiger partial charge in [-0.25, -0.2) is 0 Å². The zero-order valence-electron chi connectivity index (χ0n) is 17.3. The molecule has 144 valence electrons. The van der Waals surface area contributed by atoms with E-state index in [0.717, 1.165) is 17.5 Å². The van der Waals surface area contributed by atoms with Crippen LogP contribution in [0, 0.1) is 6.92 Å². The van der Waals surface area contributed by atoms with Gasteiger partial charge >= 0.3 is 0 Å². The fourth-order valence-corrected chi connectivity index (χ4v) is 3.91. The average Bonchev–Trinajstić information content (AvgIpc) is 2.73. The smallest absolute Gasteiger partial charge is 0.185 e. The highest BCUT2D eigenvalue weighted by molar-refractivity contribution is 6.07. The number of carbonyl (C=O) groups is 1. The van der Waals surface area contributed by atoms with Crippen molar-refractivity contribution in [1.82, 2.24) is 0 Å². The molecular weight excluding hydrogens is 352 g/mol. The van der Waals surface area contributed by atoms with Crippen LogP contribution < -0.4 is 0 Å². The van der Waals surface area contributed by atoms with Crippen LogP contribution in [0.4, 0.5) is 0 Å². The Kier molecular flexibility index (Phi) is 5.07. The molecule has 0 fully saturated rings. The maximum absolute atomic E-state index is 12.8. The van der Waals surface area contributed by atoms with Crippen LogP contribution in [0.2, 0.25) is 0 Å². The summed E-state index contributed by atoms with van der Waals surface area (Å²) in [4.78, 5) is 12.8. The van der Waals surface area contributed by atoms with E-state index >= 15 is 0 Å². The van der Waals surface area contributed by atoms with Crippen molar-refractivity contribution in [2.75, 3.05) is 0 Å². The summed E-state index contributed by atoms with van der Waals surface area (Å²) in [5.41, 5.74) is 8.01. The molecule has 3 aromatic carbocycles. The van der Waals surface area contributed by atoms with Crippen molar-refractivity contribution in [3.05, 3.63) is 118 Å². The topological polar surface area (TPSA) is 17.1 Å². The molecule has 3 aromatic rings. The van der Waals surface area contributed by atoms with Gasteiger partial charge < -0.3 is 0 Å². The number of carbonyl (C=O) groups excluding carboxylic acids is 1. The first-order valence-electron chi connectivity index (χ1n) is 10.1. The molecule has 0 heterocycles. The molecule has 0 atom stereocenters. The first-order valence-corrected chi connectivity index (χ1v) is 10.1. The Bertz CT molecular complexity index is 1100. The molecule has 0 unspecified atom stereocenters. The van der Waals surface area contributed by atoms with E-state index in [1.54, 1.807) is 6.08 Å². The quantitative estimate of drug-likeness (QED) is 0.353. The molecule has 0 N–H and O–H groups in total. The number of allylic oxidation sites excluding steroid dienone is 2. The van der Waals surface area contributed by atoms with E-state index in [0.29, 0.717) is 0 Å². The molecule has 4 rings (SSSR count). The van der Waals surface area contributed by atoms with Gasteiger partial charge in [0.15, 0.2) is 5.78 Å². The molecule has 0 aliphatic heterocycles. The predicted molar refractivity (Wildman–Crippen MR) is 122 cm³/mol. The largest absolute Gasteiger partial charge is 0.289 e. The third-order valence-electron chi connectivity index (χ3n) is 5.73. The molecule has 1 aliphatic rings. The molecule has 0 radical (unpaired) electrons. The van der Waals surface area contributed by atoms with Crippen molar-refractivity contribution < 1.29 is 4.79 Å². The molecule has 0 spiro atoms. The molecule has 0 saturated carbocycles. The second-order valence-corrected chi connectivity index (χ2v) is 8.44. The summed E-state index contributed by atoms with van der Waals surface area (Å²) in [5.74, 6) is 0.0406. The van der Waals surface area contributed by atoms with Crippen LogP contribution in [0.3, 0.4) is 0 Å². The van der Waals surface area contributed by atoms with E-state index in [9.17, 15) is 4.79 Å². The molecule has 0 amide bonds. The van der Waals surface area contributed by atoms with Crippen molar-refractivity contribution in [2.24, 2.45) is 0 Å². The average molecular weight is 379 g/mol. The number of hydrogen-bond donors (Lipinski definition) is 0. The van der Waals surface area contributed by atoms with Crippen molar-refractivity contribution in [1.29, 1.82) is 0 Å². The lowest BCUT2D eigenvalue weighted by atomic mass is 9.71. The Morgan fingerprint density at radius 1 is 0.931 bits per heavy atom. The highest BCUT2D eigenvalue weighted by Gasteiger charge is 2.29. The van der Waals surface area contributed by atoms with Gasteiger partial charge in [-0.2, -0.15) is 0 Å². The maximum atomic E-state index is 12.8. The van der Waals surface area contributed by atoms with Crippen LogP contribution >= 0.6 is 0 Å². The van der Waals surface area contributed by atoms with Gasteiger partial charge in [0.05, 0.1) is 0 Å². The van der Waals surface area contributed by atoms with E-state index in [1.165, 1.54) is 27.8 Å². The fourth-order valence-electron chi connectivity index (χ4n) is 3.91. The van der Waals surface area contributed by atoms with Gasteiger partial charge in [-0.3, -0.25) is 4.79 Å². The monoisotopic (exact) mass is 378 g/mol. The Labute approximate surface area is 173 Å². The van der Waals surface area contributed by atoms with E-state index in [4.69, 9.17) is 0 Å². The molecule has 0 bridgehead atoms. The highest BCUT2D eigenvalue weighted by Crippen LogP contribution is 2.41. The van der Waals surface area contributed by atoms with Crippen LogP contribution in [0.1, 0.15) is 58.4 Å². The summed E-state index contributed by atoms with van der Waals surface area (Å²) in [6.45, 7) is 6.61. The zero-order valence-corrected chi connectivity index (χ0v) is 17.3. The van der Waals surface area contributed by atoms with Crippen molar-refractivity contribution in [3.63, 3.8) is 0 Å². The summed E-state index contributed by atoms with van der Waals surface area (Å²) >= 11 is 0. The summed E-state index contributed by atoms with van der Waals surface area (Å²) in [6.07, 6.45) is 6.85. The number of rotatable bonds is 4. The molecule has 0 saturated heterocycles. The lowest BCUT2D eigenvalue weighted by molar-refractivity contribution is 0.104. The second-order valence-electron chi connectivity index (χ2n) is 8.44.